The quantitative estimate of drug-likeness (QED) is 0.687. The van der Waals surface area contributed by atoms with E-state index < -0.39 is 5.60 Å². The Hall–Kier alpha value is -2.08. The molecule has 0 saturated carbocycles. The van der Waals surface area contributed by atoms with Crippen molar-refractivity contribution in [3.05, 3.63) is 34.9 Å². The van der Waals surface area contributed by atoms with Crippen LogP contribution in [0.5, 0.6) is 0 Å². The minimum atomic E-state index is -0.449. The molecule has 0 radical (unpaired) electrons. The number of benzene rings is 1. The molecule has 1 aromatic carbocycles. The number of rotatable bonds is 2. The lowest BCUT2D eigenvalue weighted by Gasteiger charge is -2.42. The lowest BCUT2D eigenvalue weighted by Crippen LogP contribution is -2.48. The molecule has 1 aromatic rings. The van der Waals surface area contributed by atoms with E-state index in [1.165, 1.54) is 5.56 Å². The normalized spacial score (nSPS) is 30.1. The molecule has 1 spiro atoms. The van der Waals surface area contributed by atoms with Gasteiger partial charge in [-0.05, 0) is 52.0 Å². The van der Waals surface area contributed by atoms with Gasteiger partial charge in [0.25, 0.3) is 0 Å². The molecule has 0 aliphatic carbocycles. The number of nitrogens with zero attached hydrogens (tertiary/aromatic N) is 2. The summed E-state index contributed by atoms with van der Waals surface area (Å²) in [5.41, 5.74) is 2.55. The molecule has 4 heterocycles. The maximum atomic E-state index is 12.5. The van der Waals surface area contributed by atoms with Crippen LogP contribution in [0.1, 0.15) is 73.4 Å². The molecule has 162 valence electrons. The molecule has 0 N–H and O–H groups in total. The summed E-state index contributed by atoms with van der Waals surface area (Å²) in [5.74, 6) is -0.171. The minimum Gasteiger partial charge on any atom is -0.450 e. The summed E-state index contributed by atoms with van der Waals surface area (Å²) < 4.78 is 11.3. The molecule has 5 rings (SSSR count). The Bertz CT molecular complexity index is 846. The number of piperidine rings is 1. The van der Waals surface area contributed by atoms with Gasteiger partial charge in [0.1, 0.15) is 5.60 Å². The number of amides is 1. The van der Waals surface area contributed by atoms with Gasteiger partial charge in [-0.25, -0.2) is 9.59 Å². The second kappa shape index (κ2) is 7.56. The van der Waals surface area contributed by atoms with Gasteiger partial charge in [-0.1, -0.05) is 17.7 Å². The predicted octanol–water partition coefficient (Wildman–Crippen LogP) is 4.00. The summed E-state index contributed by atoms with van der Waals surface area (Å²) in [4.78, 5) is 29.5. The van der Waals surface area contributed by atoms with Crippen LogP contribution in [0.4, 0.5) is 4.79 Å². The minimum absolute atomic E-state index is 0.131. The summed E-state index contributed by atoms with van der Waals surface area (Å²) in [6.07, 6.45) is 6.96. The van der Waals surface area contributed by atoms with Crippen molar-refractivity contribution in [3.8, 4) is 0 Å². The van der Waals surface area contributed by atoms with Crippen LogP contribution >= 0.6 is 0 Å². The molecule has 3 saturated heterocycles. The zero-order chi connectivity index (χ0) is 20.9. The first kappa shape index (κ1) is 19.9. The molecule has 30 heavy (non-hydrogen) atoms. The van der Waals surface area contributed by atoms with Crippen LogP contribution in [0.15, 0.2) is 18.2 Å². The Morgan fingerprint density at radius 3 is 2.57 bits per heavy atom. The van der Waals surface area contributed by atoms with Gasteiger partial charge in [0.2, 0.25) is 0 Å². The van der Waals surface area contributed by atoms with E-state index in [0.717, 1.165) is 69.2 Å². The third-order valence-electron chi connectivity index (χ3n) is 7.77. The maximum Gasteiger partial charge on any atom is 0.410 e. The van der Waals surface area contributed by atoms with Crippen LogP contribution in [-0.2, 0) is 15.1 Å². The maximum absolute atomic E-state index is 12.5. The van der Waals surface area contributed by atoms with Crippen LogP contribution in [0.2, 0.25) is 0 Å². The number of carbonyl (C=O) groups excluding carboxylic acids is 2. The van der Waals surface area contributed by atoms with Crippen molar-refractivity contribution in [1.82, 2.24) is 9.80 Å². The Kier molecular flexibility index (Phi) is 5.00. The molecule has 6 nitrogen and oxygen atoms in total. The zero-order valence-corrected chi connectivity index (χ0v) is 18.1. The van der Waals surface area contributed by atoms with Crippen molar-refractivity contribution in [2.45, 2.75) is 82.5 Å². The number of hydrogen-bond acceptors (Lipinski definition) is 5. The van der Waals surface area contributed by atoms with Crippen LogP contribution in [0.3, 0.4) is 0 Å². The Morgan fingerprint density at radius 2 is 1.83 bits per heavy atom. The van der Waals surface area contributed by atoms with Gasteiger partial charge >= 0.3 is 12.1 Å². The van der Waals surface area contributed by atoms with Gasteiger partial charge in [-0.3, -0.25) is 4.90 Å². The molecule has 3 unspecified atom stereocenters. The van der Waals surface area contributed by atoms with Gasteiger partial charge in [0.05, 0.1) is 12.2 Å². The van der Waals surface area contributed by atoms with Gasteiger partial charge in [-0.2, -0.15) is 0 Å². The fraction of sp³-hybridized carbons (Fsp3) is 0.667. The van der Waals surface area contributed by atoms with Crippen molar-refractivity contribution in [2.24, 2.45) is 0 Å². The van der Waals surface area contributed by atoms with Crippen molar-refractivity contribution < 1.29 is 19.1 Å². The lowest BCUT2D eigenvalue weighted by atomic mass is 9.82. The average molecular weight is 413 g/mol. The number of likely N-dealkylation sites (tertiary alicyclic amines) is 1. The predicted molar refractivity (Wildman–Crippen MR) is 112 cm³/mol. The zero-order valence-electron chi connectivity index (χ0n) is 18.1. The Labute approximate surface area is 178 Å². The number of hydrogen-bond donors (Lipinski definition) is 0. The van der Waals surface area contributed by atoms with E-state index in [-0.39, 0.29) is 12.1 Å². The van der Waals surface area contributed by atoms with Gasteiger partial charge < -0.3 is 14.4 Å². The van der Waals surface area contributed by atoms with E-state index in [1.807, 2.05) is 24.0 Å². The van der Waals surface area contributed by atoms with E-state index in [9.17, 15) is 9.59 Å². The number of aryl methyl sites for hydroxylation is 1. The molecule has 3 fully saturated rings. The van der Waals surface area contributed by atoms with E-state index in [2.05, 4.69) is 17.9 Å². The standard InChI is InChI=1S/C24H32N2O4/c1-3-29-23(28)26-17-5-7-18(15-19(26)8-6-17)25-12-10-24(11-13-25)21-14-16(2)4-9-20(21)22(27)30-24/h4,9,14,17-19H,3,5-8,10-13,15H2,1-2H3. The second-order valence-corrected chi connectivity index (χ2v) is 9.43. The lowest BCUT2D eigenvalue weighted by molar-refractivity contribution is -0.0507. The van der Waals surface area contributed by atoms with Crippen LogP contribution in [0.25, 0.3) is 0 Å². The molecule has 2 bridgehead atoms. The van der Waals surface area contributed by atoms with Crippen molar-refractivity contribution in [1.29, 1.82) is 0 Å². The van der Waals surface area contributed by atoms with Crippen molar-refractivity contribution >= 4 is 12.1 Å². The Balaban J connectivity index is 1.28. The fourth-order valence-corrected chi connectivity index (χ4v) is 6.24. The van der Waals surface area contributed by atoms with Crippen LogP contribution in [-0.4, -0.2) is 59.7 Å². The molecule has 4 aliphatic rings. The number of ether oxygens (including phenoxy) is 2. The summed E-state index contributed by atoms with van der Waals surface area (Å²) in [6, 6.07) is 7.16. The van der Waals surface area contributed by atoms with Crippen molar-refractivity contribution in [3.63, 3.8) is 0 Å². The highest BCUT2D eigenvalue weighted by Gasteiger charge is 2.49. The third-order valence-corrected chi connectivity index (χ3v) is 7.77. The summed E-state index contributed by atoms with van der Waals surface area (Å²) in [7, 11) is 0. The average Bonchev–Trinajstić information content (AvgIpc) is 3.16. The fourth-order valence-electron chi connectivity index (χ4n) is 6.24. The number of esters is 1. The van der Waals surface area contributed by atoms with Crippen LogP contribution in [0, 0.1) is 6.92 Å². The van der Waals surface area contributed by atoms with Gasteiger partial charge in [0.15, 0.2) is 0 Å². The SMILES string of the molecule is CCOC(=O)N1C2CCC(N3CCC4(CC3)OC(=O)c3ccc(C)cc34)CC1CC2. The topological polar surface area (TPSA) is 59.1 Å². The highest BCUT2D eigenvalue weighted by Crippen LogP contribution is 2.46. The Morgan fingerprint density at radius 1 is 1.13 bits per heavy atom. The molecule has 3 atom stereocenters. The first-order valence-corrected chi connectivity index (χ1v) is 11.5. The van der Waals surface area contributed by atoms with E-state index in [0.29, 0.717) is 24.7 Å². The largest absolute Gasteiger partial charge is 0.450 e. The third kappa shape index (κ3) is 3.20. The molecule has 0 aromatic heterocycles. The number of fused-ring (bicyclic) bond motifs is 4. The monoisotopic (exact) mass is 412 g/mol. The van der Waals surface area contributed by atoms with E-state index >= 15 is 0 Å². The van der Waals surface area contributed by atoms with Crippen molar-refractivity contribution in [2.75, 3.05) is 19.7 Å². The molecule has 4 aliphatic heterocycles. The second-order valence-electron chi connectivity index (χ2n) is 9.43. The summed E-state index contributed by atoms with van der Waals surface area (Å²) in [5, 5.41) is 0. The highest BCUT2D eigenvalue weighted by molar-refractivity contribution is 5.94. The smallest absolute Gasteiger partial charge is 0.410 e. The molecular formula is C24H32N2O4. The molecule has 1 amide bonds. The first-order chi connectivity index (χ1) is 14.5. The van der Waals surface area contributed by atoms with Crippen LogP contribution < -0.4 is 0 Å². The van der Waals surface area contributed by atoms with E-state index in [4.69, 9.17) is 9.47 Å². The van der Waals surface area contributed by atoms with E-state index in [1.54, 1.807) is 0 Å². The molecular weight excluding hydrogens is 380 g/mol. The first-order valence-electron chi connectivity index (χ1n) is 11.5. The van der Waals surface area contributed by atoms with Gasteiger partial charge in [0, 0.05) is 49.6 Å². The summed E-state index contributed by atoms with van der Waals surface area (Å²) >= 11 is 0. The molecule has 6 heteroatoms. The van der Waals surface area contributed by atoms with Gasteiger partial charge in [-0.15, -0.1) is 0 Å². The number of carbonyl (C=O) groups is 2. The summed E-state index contributed by atoms with van der Waals surface area (Å²) in [6.45, 7) is 6.25. The highest BCUT2D eigenvalue weighted by atomic mass is 16.6.